The number of aliphatic hydroxyl groups is 1. The van der Waals surface area contributed by atoms with Crippen LogP contribution in [0.25, 0.3) is 5.57 Å². The number of halogens is 1. The standard InChI is InChI=1S/C25H22ClNO2/c1-17-7-9-19(10-8-17)22-23(20-11-13-21(26)14-12-20)27(25(29)24(22)28)16-15-18-5-3-2-4-6-18/h2-14,23,28H,15-16H2,1H3/t23-/m1/s1. The van der Waals surface area contributed by atoms with Gasteiger partial charge in [-0.3, -0.25) is 4.79 Å². The fourth-order valence-electron chi connectivity index (χ4n) is 3.80. The van der Waals surface area contributed by atoms with Crippen molar-refractivity contribution in [3.63, 3.8) is 0 Å². The molecule has 0 fully saturated rings. The third kappa shape index (κ3) is 3.92. The number of benzene rings is 3. The highest BCUT2D eigenvalue weighted by molar-refractivity contribution is 6.30. The second-order valence-electron chi connectivity index (χ2n) is 7.32. The van der Waals surface area contributed by atoms with Gasteiger partial charge in [-0.1, -0.05) is 83.9 Å². The molecule has 0 saturated carbocycles. The summed E-state index contributed by atoms with van der Waals surface area (Å²) in [6.07, 6.45) is 0.713. The maximum absolute atomic E-state index is 13.0. The molecule has 3 aromatic carbocycles. The monoisotopic (exact) mass is 403 g/mol. The van der Waals surface area contributed by atoms with E-state index in [-0.39, 0.29) is 17.7 Å². The fourth-order valence-corrected chi connectivity index (χ4v) is 3.92. The molecule has 0 aliphatic carbocycles. The van der Waals surface area contributed by atoms with Crippen molar-refractivity contribution in [3.8, 4) is 0 Å². The Balaban J connectivity index is 1.73. The Hall–Kier alpha value is -3.04. The molecule has 3 aromatic rings. The number of aliphatic hydroxyl groups excluding tert-OH is 1. The van der Waals surface area contributed by atoms with Gasteiger partial charge in [-0.25, -0.2) is 0 Å². The lowest BCUT2D eigenvalue weighted by atomic mass is 9.93. The molecule has 29 heavy (non-hydrogen) atoms. The van der Waals surface area contributed by atoms with E-state index in [0.29, 0.717) is 23.6 Å². The average Bonchev–Trinajstić information content (AvgIpc) is 2.99. The van der Waals surface area contributed by atoms with Gasteiger partial charge in [0.05, 0.1) is 6.04 Å². The van der Waals surface area contributed by atoms with Crippen LogP contribution in [0.4, 0.5) is 0 Å². The Labute approximate surface area is 175 Å². The largest absolute Gasteiger partial charge is 0.503 e. The van der Waals surface area contributed by atoms with Crippen LogP contribution in [0.3, 0.4) is 0 Å². The van der Waals surface area contributed by atoms with Gasteiger partial charge in [-0.05, 0) is 42.2 Å². The van der Waals surface area contributed by atoms with E-state index in [0.717, 1.165) is 22.3 Å². The minimum atomic E-state index is -0.355. The zero-order valence-corrected chi connectivity index (χ0v) is 16.9. The van der Waals surface area contributed by atoms with Gasteiger partial charge in [0.25, 0.3) is 5.91 Å². The Morgan fingerprint density at radius 1 is 0.931 bits per heavy atom. The normalized spacial score (nSPS) is 16.6. The number of carbonyl (C=O) groups excluding carboxylic acids is 1. The maximum Gasteiger partial charge on any atom is 0.289 e. The quantitative estimate of drug-likeness (QED) is 0.589. The van der Waals surface area contributed by atoms with Gasteiger partial charge in [-0.15, -0.1) is 0 Å². The summed E-state index contributed by atoms with van der Waals surface area (Å²) >= 11 is 6.08. The number of hydrogen-bond acceptors (Lipinski definition) is 2. The van der Waals surface area contributed by atoms with E-state index >= 15 is 0 Å². The summed E-state index contributed by atoms with van der Waals surface area (Å²) in [4.78, 5) is 14.8. The minimum absolute atomic E-state index is 0.179. The van der Waals surface area contributed by atoms with Crippen molar-refractivity contribution < 1.29 is 9.90 Å². The van der Waals surface area contributed by atoms with Crippen LogP contribution in [0.5, 0.6) is 0 Å². The molecule has 4 rings (SSSR count). The molecule has 1 heterocycles. The molecule has 1 atom stereocenters. The lowest BCUT2D eigenvalue weighted by Crippen LogP contribution is -2.32. The molecule has 0 aromatic heterocycles. The lowest BCUT2D eigenvalue weighted by molar-refractivity contribution is -0.129. The van der Waals surface area contributed by atoms with Crippen LogP contribution >= 0.6 is 11.6 Å². The van der Waals surface area contributed by atoms with Crippen LogP contribution in [0.1, 0.15) is 28.3 Å². The summed E-state index contributed by atoms with van der Waals surface area (Å²) < 4.78 is 0. The number of nitrogens with zero attached hydrogens (tertiary/aromatic N) is 1. The summed E-state index contributed by atoms with van der Waals surface area (Å²) in [5.74, 6) is -0.515. The molecule has 1 aliphatic heterocycles. The van der Waals surface area contributed by atoms with Gasteiger partial charge in [0, 0.05) is 17.1 Å². The predicted molar refractivity (Wildman–Crippen MR) is 117 cm³/mol. The van der Waals surface area contributed by atoms with E-state index in [1.54, 1.807) is 4.90 Å². The highest BCUT2D eigenvalue weighted by Gasteiger charge is 2.40. The van der Waals surface area contributed by atoms with Crippen molar-refractivity contribution in [2.75, 3.05) is 6.54 Å². The molecule has 0 unspecified atom stereocenters. The molecule has 0 saturated heterocycles. The number of carbonyl (C=O) groups is 1. The Morgan fingerprint density at radius 2 is 1.59 bits per heavy atom. The van der Waals surface area contributed by atoms with E-state index in [2.05, 4.69) is 0 Å². The number of hydrogen-bond donors (Lipinski definition) is 1. The fraction of sp³-hybridized carbons (Fsp3) is 0.160. The molecule has 1 amide bonds. The Kier molecular flexibility index (Phi) is 5.41. The smallest absolute Gasteiger partial charge is 0.289 e. The van der Waals surface area contributed by atoms with E-state index < -0.39 is 0 Å². The van der Waals surface area contributed by atoms with Crippen LogP contribution in [0.2, 0.25) is 5.02 Å². The van der Waals surface area contributed by atoms with E-state index in [9.17, 15) is 9.90 Å². The third-order valence-electron chi connectivity index (χ3n) is 5.34. The molecular formula is C25H22ClNO2. The Bertz CT molecular complexity index is 1040. The van der Waals surface area contributed by atoms with Crippen LogP contribution in [-0.4, -0.2) is 22.5 Å². The molecule has 0 radical (unpaired) electrons. The summed E-state index contributed by atoms with van der Waals surface area (Å²) in [5, 5.41) is 11.4. The van der Waals surface area contributed by atoms with Crippen molar-refractivity contribution >= 4 is 23.1 Å². The summed E-state index contributed by atoms with van der Waals surface area (Å²) in [6, 6.07) is 25.1. The zero-order chi connectivity index (χ0) is 20.4. The number of aryl methyl sites for hydroxylation is 1. The first kappa shape index (κ1) is 19.3. The zero-order valence-electron chi connectivity index (χ0n) is 16.2. The van der Waals surface area contributed by atoms with Gasteiger partial charge >= 0.3 is 0 Å². The molecule has 4 heteroatoms. The lowest BCUT2D eigenvalue weighted by Gasteiger charge is -2.27. The number of rotatable bonds is 5. The van der Waals surface area contributed by atoms with Gasteiger partial charge in [-0.2, -0.15) is 0 Å². The number of amides is 1. The van der Waals surface area contributed by atoms with Gasteiger partial charge in [0.1, 0.15) is 0 Å². The van der Waals surface area contributed by atoms with Crippen molar-refractivity contribution in [1.82, 2.24) is 4.90 Å². The summed E-state index contributed by atoms with van der Waals surface area (Å²) in [6.45, 7) is 2.52. The van der Waals surface area contributed by atoms with Crippen molar-refractivity contribution in [2.24, 2.45) is 0 Å². The minimum Gasteiger partial charge on any atom is -0.503 e. The van der Waals surface area contributed by atoms with Crippen molar-refractivity contribution in [1.29, 1.82) is 0 Å². The Morgan fingerprint density at radius 3 is 2.24 bits per heavy atom. The maximum atomic E-state index is 13.0. The molecule has 0 bridgehead atoms. The predicted octanol–water partition coefficient (Wildman–Crippen LogP) is 5.74. The highest BCUT2D eigenvalue weighted by atomic mass is 35.5. The van der Waals surface area contributed by atoms with Gasteiger partial charge in [0.15, 0.2) is 5.76 Å². The first-order valence-corrected chi connectivity index (χ1v) is 10.0. The summed E-state index contributed by atoms with van der Waals surface area (Å²) in [5.41, 5.74) is 4.70. The van der Waals surface area contributed by atoms with Crippen LogP contribution in [0.15, 0.2) is 84.6 Å². The van der Waals surface area contributed by atoms with Crippen molar-refractivity contribution in [2.45, 2.75) is 19.4 Å². The SMILES string of the molecule is Cc1ccc(C2=C(O)C(=O)N(CCc3ccccc3)[C@@H]2c2ccc(Cl)cc2)cc1. The molecular weight excluding hydrogens is 382 g/mol. The van der Waals surface area contributed by atoms with E-state index in [1.807, 2.05) is 85.8 Å². The molecule has 1 N–H and O–H groups in total. The molecule has 146 valence electrons. The third-order valence-corrected chi connectivity index (χ3v) is 5.59. The van der Waals surface area contributed by atoms with Gasteiger partial charge in [0.2, 0.25) is 0 Å². The van der Waals surface area contributed by atoms with Crippen LogP contribution in [-0.2, 0) is 11.2 Å². The van der Waals surface area contributed by atoms with E-state index in [1.165, 1.54) is 0 Å². The van der Waals surface area contributed by atoms with Crippen LogP contribution in [0, 0.1) is 6.92 Å². The highest BCUT2D eigenvalue weighted by Crippen LogP contribution is 2.43. The van der Waals surface area contributed by atoms with Gasteiger partial charge < -0.3 is 10.0 Å². The van der Waals surface area contributed by atoms with Crippen molar-refractivity contribution in [3.05, 3.63) is 112 Å². The average molecular weight is 404 g/mol. The molecule has 0 spiro atoms. The molecule has 1 aliphatic rings. The van der Waals surface area contributed by atoms with E-state index in [4.69, 9.17) is 11.6 Å². The summed E-state index contributed by atoms with van der Waals surface area (Å²) in [7, 11) is 0. The first-order chi connectivity index (χ1) is 14.0. The second kappa shape index (κ2) is 8.14. The van der Waals surface area contributed by atoms with Crippen LogP contribution < -0.4 is 0 Å². The first-order valence-electron chi connectivity index (χ1n) is 9.65. The topological polar surface area (TPSA) is 40.5 Å². The second-order valence-corrected chi connectivity index (χ2v) is 7.75. The molecule has 3 nitrogen and oxygen atoms in total.